The van der Waals surface area contributed by atoms with E-state index in [1.807, 2.05) is 7.05 Å². The van der Waals surface area contributed by atoms with Crippen LogP contribution in [0.5, 0.6) is 5.75 Å². The molecule has 1 heterocycles. The number of benzene rings is 1. The van der Waals surface area contributed by atoms with Crippen LogP contribution < -0.4 is 10.1 Å². The number of hydrogen-bond donors (Lipinski definition) is 1. The highest BCUT2D eigenvalue weighted by molar-refractivity contribution is 5.85. The molecule has 1 aromatic carbocycles. The van der Waals surface area contributed by atoms with Gasteiger partial charge in [0, 0.05) is 19.2 Å². The van der Waals surface area contributed by atoms with Gasteiger partial charge in [-0.1, -0.05) is 6.07 Å². The number of nitrogens with zero attached hydrogens (tertiary/aromatic N) is 2. The van der Waals surface area contributed by atoms with Crippen molar-refractivity contribution in [2.75, 3.05) is 33.3 Å². The standard InChI is InChI=1S/C15H21N3O4.ClH/c1-16-10-12-5-7-17(8-6-12)15(19)11-22-14-4-2-3-13(9-14)18(20)21;/h2-4,9,12,16H,5-8,10-11H2,1H3;1H. The normalized spacial score (nSPS) is 14.9. The average molecular weight is 344 g/mol. The molecule has 0 radical (unpaired) electrons. The summed E-state index contributed by atoms with van der Waals surface area (Å²) in [5.41, 5.74) is -0.0437. The molecule has 0 unspecified atom stereocenters. The van der Waals surface area contributed by atoms with E-state index in [4.69, 9.17) is 4.74 Å². The molecule has 2 rings (SSSR count). The van der Waals surface area contributed by atoms with E-state index in [1.54, 1.807) is 17.0 Å². The Bertz CT molecular complexity index is 533. The van der Waals surface area contributed by atoms with Crippen molar-refractivity contribution in [1.82, 2.24) is 10.2 Å². The van der Waals surface area contributed by atoms with Gasteiger partial charge in [-0.05, 0) is 38.4 Å². The minimum absolute atomic E-state index is 0. The number of rotatable bonds is 6. The van der Waals surface area contributed by atoms with E-state index < -0.39 is 4.92 Å². The first kappa shape index (κ1) is 19.2. The number of non-ortho nitro benzene ring substituents is 1. The van der Waals surface area contributed by atoms with Gasteiger partial charge in [-0.15, -0.1) is 12.4 Å². The van der Waals surface area contributed by atoms with Crippen molar-refractivity contribution in [2.24, 2.45) is 5.92 Å². The van der Waals surface area contributed by atoms with Gasteiger partial charge < -0.3 is 15.0 Å². The Morgan fingerprint density at radius 1 is 1.43 bits per heavy atom. The van der Waals surface area contributed by atoms with Crippen LogP contribution >= 0.6 is 12.4 Å². The zero-order valence-corrected chi connectivity index (χ0v) is 13.9. The lowest BCUT2D eigenvalue weighted by Gasteiger charge is -2.31. The molecular weight excluding hydrogens is 322 g/mol. The summed E-state index contributed by atoms with van der Waals surface area (Å²) in [5.74, 6) is 0.883. The van der Waals surface area contributed by atoms with Crippen molar-refractivity contribution in [3.05, 3.63) is 34.4 Å². The predicted molar refractivity (Wildman–Crippen MR) is 89.1 cm³/mol. The molecule has 1 amide bonds. The summed E-state index contributed by atoms with van der Waals surface area (Å²) in [6.07, 6.45) is 1.98. The van der Waals surface area contributed by atoms with Crippen molar-refractivity contribution >= 4 is 24.0 Å². The summed E-state index contributed by atoms with van der Waals surface area (Å²) in [5, 5.41) is 13.9. The van der Waals surface area contributed by atoms with Crippen molar-refractivity contribution in [1.29, 1.82) is 0 Å². The number of halogens is 1. The number of amides is 1. The number of nitro benzene ring substituents is 1. The predicted octanol–water partition coefficient (Wildman–Crippen LogP) is 1.85. The smallest absolute Gasteiger partial charge is 0.273 e. The van der Waals surface area contributed by atoms with Crippen LogP contribution in [0.15, 0.2) is 24.3 Å². The van der Waals surface area contributed by atoms with Crippen molar-refractivity contribution in [3.8, 4) is 5.75 Å². The molecule has 8 heteroatoms. The minimum Gasteiger partial charge on any atom is -0.484 e. The highest BCUT2D eigenvalue weighted by Crippen LogP contribution is 2.20. The van der Waals surface area contributed by atoms with Crippen LogP contribution in [-0.4, -0.2) is 49.0 Å². The molecule has 1 aliphatic heterocycles. The van der Waals surface area contributed by atoms with Crippen LogP contribution in [0.2, 0.25) is 0 Å². The quantitative estimate of drug-likeness (QED) is 0.629. The van der Waals surface area contributed by atoms with Gasteiger partial charge in [0.25, 0.3) is 11.6 Å². The second-order valence-corrected chi connectivity index (χ2v) is 5.42. The van der Waals surface area contributed by atoms with Crippen LogP contribution in [0.4, 0.5) is 5.69 Å². The maximum Gasteiger partial charge on any atom is 0.273 e. The third kappa shape index (κ3) is 5.69. The van der Waals surface area contributed by atoms with Gasteiger partial charge in [-0.3, -0.25) is 14.9 Å². The summed E-state index contributed by atoms with van der Waals surface area (Å²) in [6.45, 7) is 2.37. The summed E-state index contributed by atoms with van der Waals surface area (Å²) >= 11 is 0. The number of ether oxygens (including phenoxy) is 1. The maximum absolute atomic E-state index is 12.1. The van der Waals surface area contributed by atoms with E-state index >= 15 is 0 Å². The van der Waals surface area contributed by atoms with E-state index in [2.05, 4.69) is 5.32 Å². The Balaban J connectivity index is 0.00000264. The van der Waals surface area contributed by atoms with Gasteiger partial charge in [0.1, 0.15) is 5.75 Å². The van der Waals surface area contributed by atoms with Crippen LogP contribution in [0, 0.1) is 16.0 Å². The minimum atomic E-state index is -0.485. The van der Waals surface area contributed by atoms with Gasteiger partial charge in [-0.25, -0.2) is 0 Å². The third-order valence-corrected chi connectivity index (χ3v) is 3.85. The zero-order valence-electron chi connectivity index (χ0n) is 13.1. The van der Waals surface area contributed by atoms with E-state index in [9.17, 15) is 14.9 Å². The first-order valence-electron chi connectivity index (χ1n) is 7.39. The molecule has 1 saturated heterocycles. The largest absolute Gasteiger partial charge is 0.484 e. The Morgan fingerprint density at radius 2 is 2.13 bits per heavy atom. The number of hydrogen-bond acceptors (Lipinski definition) is 5. The van der Waals surface area contributed by atoms with Crippen molar-refractivity contribution < 1.29 is 14.5 Å². The van der Waals surface area contributed by atoms with Crippen LogP contribution in [0.1, 0.15) is 12.8 Å². The Morgan fingerprint density at radius 3 is 2.74 bits per heavy atom. The van der Waals surface area contributed by atoms with Crippen LogP contribution in [0.3, 0.4) is 0 Å². The molecule has 0 spiro atoms. The SMILES string of the molecule is CNCC1CCN(C(=O)COc2cccc([N+](=O)[O-])c2)CC1.Cl. The van der Waals surface area contributed by atoms with Crippen LogP contribution in [-0.2, 0) is 4.79 Å². The van der Waals surface area contributed by atoms with Gasteiger partial charge in [0.15, 0.2) is 6.61 Å². The molecule has 1 fully saturated rings. The maximum atomic E-state index is 12.1. The van der Waals surface area contributed by atoms with Gasteiger partial charge in [-0.2, -0.15) is 0 Å². The van der Waals surface area contributed by atoms with Crippen LogP contribution in [0.25, 0.3) is 0 Å². The van der Waals surface area contributed by atoms with E-state index in [1.165, 1.54) is 12.1 Å². The second kappa shape index (κ2) is 9.32. The topological polar surface area (TPSA) is 84.7 Å². The second-order valence-electron chi connectivity index (χ2n) is 5.42. The first-order valence-corrected chi connectivity index (χ1v) is 7.39. The Labute approximate surface area is 141 Å². The lowest BCUT2D eigenvalue weighted by molar-refractivity contribution is -0.384. The molecule has 7 nitrogen and oxygen atoms in total. The molecule has 0 saturated carbocycles. The first-order chi connectivity index (χ1) is 10.6. The van der Waals surface area contributed by atoms with E-state index in [0.717, 1.165) is 32.5 Å². The molecule has 0 bridgehead atoms. The lowest BCUT2D eigenvalue weighted by atomic mass is 9.97. The number of piperidine rings is 1. The lowest BCUT2D eigenvalue weighted by Crippen LogP contribution is -2.42. The number of likely N-dealkylation sites (tertiary alicyclic amines) is 1. The third-order valence-electron chi connectivity index (χ3n) is 3.85. The number of carbonyl (C=O) groups excluding carboxylic acids is 1. The molecule has 1 aromatic rings. The summed E-state index contributed by atoms with van der Waals surface area (Å²) < 4.78 is 5.38. The summed E-state index contributed by atoms with van der Waals surface area (Å²) in [6, 6.07) is 5.87. The summed E-state index contributed by atoms with van der Waals surface area (Å²) in [7, 11) is 1.93. The van der Waals surface area contributed by atoms with E-state index in [0.29, 0.717) is 11.7 Å². The highest BCUT2D eigenvalue weighted by Gasteiger charge is 2.22. The fraction of sp³-hybridized carbons (Fsp3) is 0.533. The molecule has 128 valence electrons. The molecule has 1 aliphatic rings. The fourth-order valence-electron chi connectivity index (χ4n) is 2.60. The highest BCUT2D eigenvalue weighted by atomic mass is 35.5. The molecule has 1 N–H and O–H groups in total. The number of nitrogens with one attached hydrogen (secondary N) is 1. The molecule has 0 atom stereocenters. The fourth-order valence-corrected chi connectivity index (χ4v) is 2.60. The Kier molecular flexibility index (Phi) is 7.77. The van der Waals surface area contributed by atoms with Crippen molar-refractivity contribution in [3.63, 3.8) is 0 Å². The van der Waals surface area contributed by atoms with Gasteiger partial charge in [0.05, 0.1) is 11.0 Å². The summed E-state index contributed by atoms with van der Waals surface area (Å²) in [4.78, 5) is 24.1. The zero-order chi connectivity index (χ0) is 15.9. The van der Waals surface area contributed by atoms with Gasteiger partial charge in [0.2, 0.25) is 0 Å². The van der Waals surface area contributed by atoms with Crippen molar-refractivity contribution in [2.45, 2.75) is 12.8 Å². The Hall–Kier alpha value is -1.86. The average Bonchev–Trinajstić information content (AvgIpc) is 2.54. The molecule has 0 aromatic heterocycles. The molecule has 0 aliphatic carbocycles. The number of carbonyl (C=O) groups is 1. The monoisotopic (exact) mass is 343 g/mol. The van der Waals surface area contributed by atoms with Gasteiger partial charge >= 0.3 is 0 Å². The molecular formula is C15H22ClN3O4. The number of nitro groups is 1. The van der Waals surface area contributed by atoms with E-state index in [-0.39, 0.29) is 30.6 Å². The molecule has 23 heavy (non-hydrogen) atoms.